The van der Waals surface area contributed by atoms with E-state index in [0.717, 1.165) is 27.7 Å². The zero-order chi connectivity index (χ0) is 32.7. The summed E-state index contributed by atoms with van der Waals surface area (Å²) in [6, 6.07) is 20.0. The second-order valence-corrected chi connectivity index (χ2v) is 15.5. The van der Waals surface area contributed by atoms with E-state index >= 15 is 0 Å². The lowest BCUT2D eigenvalue weighted by Crippen LogP contribution is -2.35. The summed E-state index contributed by atoms with van der Waals surface area (Å²) >= 11 is 5.33. The second-order valence-electron chi connectivity index (χ2n) is 11.3. The number of halogens is 1. The van der Waals surface area contributed by atoms with Crippen molar-refractivity contribution in [1.82, 2.24) is 4.98 Å². The molecule has 1 aliphatic rings. The predicted octanol–water partition coefficient (Wildman–Crippen LogP) is 7.31. The smallest absolute Gasteiger partial charge is 0.337 e. The van der Waals surface area contributed by atoms with Gasteiger partial charge in [-0.3, -0.25) is 13.2 Å². The molecule has 13 heteroatoms. The van der Waals surface area contributed by atoms with Gasteiger partial charge in [0, 0.05) is 35.8 Å². The summed E-state index contributed by atoms with van der Waals surface area (Å²) in [5, 5.41) is 13.6. The predicted molar refractivity (Wildman–Crippen MR) is 185 cm³/mol. The lowest BCUT2D eigenvalue weighted by molar-refractivity contribution is 0.0697. The van der Waals surface area contributed by atoms with Crippen LogP contribution < -0.4 is 8.61 Å². The number of hydrogen-bond acceptors (Lipinski definition) is 6. The Morgan fingerprint density at radius 3 is 2.39 bits per heavy atom. The number of carboxylic acid groups (broad SMARTS) is 1. The average Bonchev–Trinajstić information content (AvgIpc) is 3.45. The van der Waals surface area contributed by atoms with Crippen molar-refractivity contribution in [1.29, 1.82) is 0 Å². The number of anilines is 2. The van der Waals surface area contributed by atoms with Crippen LogP contribution in [0.3, 0.4) is 0 Å². The van der Waals surface area contributed by atoms with E-state index in [9.17, 15) is 27.1 Å². The number of para-hydroxylation sites is 1. The number of sulfonamides is 1. The molecular formula is C33H36ClN3O6S3. The van der Waals surface area contributed by atoms with Crippen LogP contribution in [0.25, 0.3) is 0 Å². The first-order chi connectivity index (χ1) is 22.1. The number of carboxylic acids is 1. The molecule has 0 aliphatic heterocycles. The topological polar surface area (TPSA) is 128 Å². The Balaban J connectivity index is 1.29. The Bertz CT molecular complexity index is 1780. The Kier molecular flexibility index (Phi) is 11.5. The zero-order valence-corrected chi connectivity index (χ0v) is 28.3. The number of unbranched alkanes of at least 4 members (excludes halogenated alkanes) is 1. The molecule has 0 radical (unpaired) electrons. The van der Waals surface area contributed by atoms with Gasteiger partial charge < -0.3 is 5.11 Å². The van der Waals surface area contributed by atoms with Crippen molar-refractivity contribution in [3.8, 4) is 0 Å². The highest BCUT2D eigenvalue weighted by Gasteiger charge is 2.27. The van der Waals surface area contributed by atoms with Crippen LogP contribution in [0.4, 0.5) is 11.4 Å². The molecule has 3 aromatic carbocycles. The fraction of sp³-hybridized carbons (Fsp3) is 0.333. The highest BCUT2D eigenvalue weighted by atomic mass is 35.5. The minimum atomic E-state index is -4.02. The Morgan fingerprint density at radius 1 is 0.978 bits per heavy atom. The van der Waals surface area contributed by atoms with Crippen LogP contribution in [0, 0.1) is 0 Å². The van der Waals surface area contributed by atoms with Crippen molar-refractivity contribution in [3.63, 3.8) is 0 Å². The maximum atomic E-state index is 14.0. The van der Waals surface area contributed by atoms with Crippen LogP contribution in [0.15, 0.2) is 78.2 Å². The molecule has 0 bridgehead atoms. The van der Waals surface area contributed by atoms with Gasteiger partial charge in [-0.2, -0.15) is 0 Å². The summed E-state index contributed by atoms with van der Waals surface area (Å²) in [5.41, 5.74) is 3.26. The van der Waals surface area contributed by atoms with Gasteiger partial charge in [0.05, 0.1) is 33.4 Å². The first-order valence-electron chi connectivity index (χ1n) is 15.1. The van der Waals surface area contributed by atoms with E-state index < -0.39 is 27.3 Å². The van der Waals surface area contributed by atoms with E-state index in [1.54, 1.807) is 53.8 Å². The number of thiazole rings is 1. The summed E-state index contributed by atoms with van der Waals surface area (Å²) in [6.07, 6.45) is 5.86. The molecule has 2 N–H and O–H groups in total. The average molecular weight is 702 g/mol. The number of aromatic nitrogens is 1. The lowest BCUT2D eigenvalue weighted by Gasteiger charge is -2.27. The summed E-state index contributed by atoms with van der Waals surface area (Å²) in [7, 11) is -4.02. The van der Waals surface area contributed by atoms with E-state index in [1.807, 2.05) is 18.2 Å². The van der Waals surface area contributed by atoms with Gasteiger partial charge >= 0.3 is 5.97 Å². The van der Waals surface area contributed by atoms with Crippen molar-refractivity contribution in [3.05, 3.63) is 111 Å². The number of carbonyl (C=O) groups is 1. The van der Waals surface area contributed by atoms with Crippen LogP contribution in [0.2, 0.25) is 5.02 Å². The highest BCUT2D eigenvalue weighted by molar-refractivity contribution is 7.92. The minimum Gasteiger partial charge on any atom is -0.478 e. The number of aromatic carboxylic acids is 1. The maximum Gasteiger partial charge on any atom is 0.337 e. The number of rotatable bonds is 16. The molecule has 1 saturated carbocycles. The van der Waals surface area contributed by atoms with Crippen LogP contribution in [-0.4, -0.2) is 46.3 Å². The minimum absolute atomic E-state index is 0.00772. The van der Waals surface area contributed by atoms with Crippen molar-refractivity contribution in [2.24, 2.45) is 0 Å². The lowest BCUT2D eigenvalue weighted by atomic mass is 9.83. The van der Waals surface area contributed by atoms with Gasteiger partial charge in [0.2, 0.25) is 10.0 Å². The van der Waals surface area contributed by atoms with Crippen LogP contribution in [0.5, 0.6) is 0 Å². The third kappa shape index (κ3) is 8.74. The van der Waals surface area contributed by atoms with Crippen molar-refractivity contribution in [2.75, 3.05) is 21.7 Å². The number of hydrogen-bond donors (Lipinski definition) is 2. The summed E-state index contributed by atoms with van der Waals surface area (Å²) < 4.78 is 52.3. The van der Waals surface area contributed by atoms with Gasteiger partial charge in [0.25, 0.3) is 11.3 Å². The van der Waals surface area contributed by atoms with Crippen molar-refractivity contribution < 1.29 is 27.1 Å². The molecule has 9 nitrogen and oxygen atoms in total. The molecule has 0 amide bonds. The van der Waals surface area contributed by atoms with Gasteiger partial charge in [0.15, 0.2) is 0 Å². The van der Waals surface area contributed by atoms with Gasteiger partial charge in [0.1, 0.15) is 0 Å². The number of aryl methyl sites for hydroxylation is 2. The van der Waals surface area contributed by atoms with E-state index in [-0.39, 0.29) is 30.1 Å². The van der Waals surface area contributed by atoms with E-state index in [4.69, 9.17) is 16.6 Å². The number of nitrogens with zero attached hydrogens (tertiary/aromatic N) is 3. The molecule has 1 heterocycles. The molecule has 0 saturated heterocycles. The highest BCUT2D eigenvalue weighted by Crippen LogP contribution is 2.36. The molecule has 1 aliphatic carbocycles. The Morgan fingerprint density at radius 2 is 1.70 bits per heavy atom. The first kappa shape index (κ1) is 34.1. The standard InChI is InChI=1S/C33H36ClN3O6S3/c34-27-14-16-28(17-15-27)36(45(40)41)19-3-4-20-37(31-12-2-1-11-29(31)33(38)39)46(42,43)23-25-8-5-7-24(21-25)13-18-32-35-30(22-44-32)26-9-6-10-26/h1-2,5,7-8,11-12,14-17,21-22,26H,3-4,6,9-10,13,18-20,23H2,(H,38,39)(H,40,41). The van der Waals surface area contributed by atoms with E-state index in [2.05, 4.69) is 5.38 Å². The first-order valence-corrected chi connectivity index (χ1v) is 19.0. The fourth-order valence-electron chi connectivity index (χ4n) is 5.44. The van der Waals surface area contributed by atoms with Crippen molar-refractivity contribution in [2.45, 2.75) is 56.6 Å². The monoisotopic (exact) mass is 701 g/mol. The summed E-state index contributed by atoms with van der Waals surface area (Å²) in [4.78, 5) is 16.9. The molecule has 5 rings (SSSR count). The molecule has 0 spiro atoms. The van der Waals surface area contributed by atoms with Gasteiger partial charge in [-0.15, -0.1) is 11.3 Å². The van der Waals surface area contributed by atoms with Crippen LogP contribution in [-0.2, 0) is 39.9 Å². The second kappa shape index (κ2) is 15.5. The zero-order valence-electron chi connectivity index (χ0n) is 25.1. The third-order valence-corrected chi connectivity index (χ3v) is 11.8. The molecule has 1 aromatic heterocycles. The maximum absolute atomic E-state index is 14.0. The fourth-order valence-corrected chi connectivity index (χ4v) is 8.66. The normalized spacial score (nSPS) is 14.0. The van der Waals surface area contributed by atoms with E-state index in [0.29, 0.717) is 35.0 Å². The van der Waals surface area contributed by atoms with E-state index in [1.165, 1.54) is 41.4 Å². The molecule has 1 atom stereocenters. The quantitative estimate of drug-likeness (QED) is 0.0926. The van der Waals surface area contributed by atoms with Crippen LogP contribution in [0.1, 0.15) is 70.2 Å². The summed E-state index contributed by atoms with van der Waals surface area (Å²) in [5.74, 6) is -0.950. The Hall–Kier alpha value is -3.29. The summed E-state index contributed by atoms with van der Waals surface area (Å²) in [6.45, 7) is 0.161. The molecule has 1 unspecified atom stereocenters. The van der Waals surface area contributed by atoms with Gasteiger partial charge in [-0.1, -0.05) is 54.4 Å². The Labute approximate surface area is 281 Å². The molecule has 4 aromatic rings. The largest absolute Gasteiger partial charge is 0.478 e. The number of benzene rings is 3. The van der Waals surface area contributed by atoms with Crippen LogP contribution >= 0.6 is 22.9 Å². The molecule has 1 fully saturated rings. The molecular weight excluding hydrogens is 666 g/mol. The van der Waals surface area contributed by atoms with Crippen molar-refractivity contribution >= 4 is 61.6 Å². The molecule has 46 heavy (non-hydrogen) atoms. The van der Waals surface area contributed by atoms with Gasteiger partial charge in [-0.05, 0) is 79.6 Å². The third-order valence-electron chi connectivity index (χ3n) is 8.08. The SMILES string of the molecule is O=C(O)c1ccccc1N(CCCCN(c1ccc(Cl)cc1)S(=O)O)S(=O)(=O)Cc1cccc(CCc2nc(C3CCC3)cs2)c1. The van der Waals surface area contributed by atoms with Gasteiger partial charge in [-0.25, -0.2) is 22.4 Å². The molecule has 244 valence electrons.